The number of amides is 1. The summed E-state index contributed by atoms with van der Waals surface area (Å²) in [6.07, 6.45) is 3.32. The molecule has 1 fully saturated rings. The van der Waals surface area contributed by atoms with Gasteiger partial charge in [0.05, 0.1) is 13.1 Å². The molecule has 0 aliphatic heterocycles. The van der Waals surface area contributed by atoms with Gasteiger partial charge < -0.3 is 15.4 Å². The molecule has 124 valence electrons. The molecule has 1 saturated carbocycles. The Bertz CT molecular complexity index is 343. The van der Waals surface area contributed by atoms with Crippen LogP contribution in [0.2, 0.25) is 0 Å². The first kappa shape index (κ1) is 18.1. The molecule has 0 radical (unpaired) electrons. The molecule has 4 nitrogen and oxygen atoms in total. The Kier molecular flexibility index (Phi) is 6.38. The van der Waals surface area contributed by atoms with Crippen molar-refractivity contribution < 1.29 is 18.3 Å². The smallest absolute Gasteiger partial charge is 0.407 e. The molecular weight excluding hydrogens is 278 g/mol. The number of rotatable bonds is 6. The normalized spacial score (nSPS) is 23.1. The van der Waals surface area contributed by atoms with Gasteiger partial charge >= 0.3 is 6.09 Å². The highest BCUT2D eigenvalue weighted by atomic mass is 19.3. The highest BCUT2D eigenvalue weighted by molar-refractivity contribution is 5.67. The molecule has 1 aliphatic rings. The zero-order valence-electron chi connectivity index (χ0n) is 13.5. The zero-order chi connectivity index (χ0) is 16.1. The van der Waals surface area contributed by atoms with E-state index in [1.165, 1.54) is 0 Å². The number of carbonyl (C=O) groups is 1. The van der Waals surface area contributed by atoms with Gasteiger partial charge in [0, 0.05) is 6.04 Å². The molecule has 0 bridgehead atoms. The molecule has 6 heteroatoms. The van der Waals surface area contributed by atoms with Crippen LogP contribution < -0.4 is 10.6 Å². The minimum atomic E-state index is -2.97. The quantitative estimate of drug-likeness (QED) is 0.791. The second-order valence-electron chi connectivity index (χ2n) is 6.88. The van der Waals surface area contributed by atoms with E-state index in [-0.39, 0.29) is 6.04 Å². The lowest BCUT2D eigenvalue weighted by molar-refractivity contribution is -0.00550. The van der Waals surface area contributed by atoms with Crippen molar-refractivity contribution in [3.05, 3.63) is 0 Å². The van der Waals surface area contributed by atoms with Gasteiger partial charge in [0.1, 0.15) is 5.60 Å². The largest absolute Gasteiger partial charge is 0.444 e. The predicted molar refractivity (Wildman–Crippen MR) is 78.6 cm³/mol. The number of hydrogen-bond acceptors (Lipinski definition) is 3. The van der Waals surface area contributed by atoms with E-state index in [4.69, 9.17) is 4.74 Å². The van der Waals surface area contributed by atoms with Gasteiger partial charge in [0.25, 0.3) is 5.92 Å². The van der Waals surface area contributed by atoms with E-state index in [0.29, 0.717) is 5.92 Å². The number of nitrogens with one attached hydrogen (secondary N) is 2. The summed E-state index contributed by atoms with van der Waals surface area (Å²) in [5, 5.41) is 5.04. The molecule has 2 N–H and O–H groups in total. The Hall–Kier alpha value is -0.910. The molecule has 0 spiro atoms. The van der Waals surface area contributed by atoms with E-state index in [9.17, 15) is 13.6 Å². The predicted octanol–water partition coefficient (Wildman–Crippen LogP) is 3.31. The van der Waals surface area contributed by atoms with Crippen LogP contribution in [0.15, 0.2) is 0 Å². The van der Waals surface area contributed by atoms with Crippen LogP contribution in [0.25, 0.3) is 0 Å². The Morgan fingerprint density at radius 3 is 2.43 bits per heavy atom. The van der Waals surface area contributed by atoms with E-state index >= 15 is 0 Å². The van der Waals surface area contributed by atoms with Gasteiger partial charge in [-0.25, -0.2) is 13.6 Å². The molecule has 1 amide bonds. The summed E-state index contributed by atoms with van der Waals surface area (Å²) in [6, 6.07) is 0.169. The molecule has 0 heterocycles. The Labute approximate surface area is 126 Å². The molecule has 0 aromatic heterocycles. The minimum absolute atomic E-state index is 0.169. The lowest BCUT2D eigenvalue weighted by Crippen LogP contribution is -2.46. The van der Waals surface area contributed by atoms with Crippen molar-refractivity contribution in [2.75, 3.05) is 13.1 Å². The fourth-order valence-electron chi connectivity index (χ4n) is 2.50. The van der Waals surface area contributed by atoms with E-state index in [1.807, 2.05) is 0 Å². The summed E-state index contributed by atoms with van der Waals surface area (Å²) in [5.74, 6) is -2.32. The lowest BCUT2D eigenvalue weighted by atomic mass is 10.1. The van der Waals surface area contributed by atoms with Gasteiger partial charge in [-0.1, -0.05) is 13.3 Å². The minimum Gasteiger partial charge on any atom is -0.444 e. The monoisotopic (exact) mass is 306 g/mol. The van der Waals surface area contributed by atoms with Gasteiger partial charge in [0.15, 0.2) is 0 Å². The molecule has 1 rings (SSSR count). The molecule has 0 saturated heterocycles. The molecular formula is C15H28F2N2O2. The summed E-state index contributed by atoms with van der Waals surface area (Å²) in [5.41, 5.74) is -0.684. The standard InChI is InChI=1S/C15H28F2N2O2/c1-5-11-6-7-12(8-11)18-9-15(16,17)10-19-13(20)21-14(2,3)4/h11-12,18H,5-10H2,1-4H3,(H,19,20). The average Bonchev–Trinajstić information content (AvgIpc) is 2.80. The number of hydrogen-bond donors (Lipinski definition) is 2. The van der Waals surface area contributed by atoms with Gasteiger partial charge in [-0.2, -0.15) is 0 Å². The maximum Gasteiger partial charge on any atom is 0.407 e. The Morgan fingerprint density at radius 2 is 1.90 bits per heavy atom. The summed E-state index contributed by atoms with van der Waals surface area (Å²) in [7, 11) is 0. The van der Waals surface area contributed by atoms with Crippen LogP contribution in [0, 0.1) is 5.92 Å². The highest BCUT2D eigenvalue weighted by Gasteiger charge is 2.32. The third-order valence-electron chi connectivity index (χ3n) is 3.66. The van der Waals surface area contributed by atoms with Gasteiger partial charge in [-0.3, -0.25) is 0 Å². The summed E-state index contributed by atoms with van der Waals surface area (Å²) < 4.78 is 32.4. The van der Waals surface area contributed by atoms with Crippen LogP contribution in [0.4, 0.5) is 13.6 Å². The molecule has 21 heavy (non-hydrogen) atoms. The zero-order valence-corrected chi connectivity index (χ0v) is 13.5. The second-order valence-corrected chi connectivity index (χ2v) is 6.88. The first-order valence-electron chi connectivity index (χ1n) is 7.69. The van der Waals surface area contributed by atoms with Gasteiger partial charge in [0.2, 0.25) is 0 Å². The first-order chi connectivity index (χ1) is 9.61. The van der Waals surface area contributed by atoms with E-state index in [0.717, 1.165) is 25.7 Å². The molecule has 1 aliphatic carbocycles. The number of ether oxygens (including phenoxy) is 1. The van der Waals surface area contributed by atoms with Gasteiger partial charge in [-0.05, 0) is 46.0 Å². The SMILES string of the molecule is CCC1CCC(NCC(F)(F)CNC(=O)OC(C)(C)C)C1. The van der Waals surface area contributed by atoms with Crippen LogP contribution in [0.1, 0.15) is 53.4 Å². The van der Waals surface area contributed by atoms with Crippen LogP contribution in [-0.2, 0) is 4.74 Å². The lowest BCUT2D eigenvalue weighted by Gasteiger charge is -2.23. The Morgan fingerprint density at radius 1 is 1.24 bits per heavy atom. The maximum atomic E-state index is 13.7. The summed E-state index contributed by atoms with van der Waals surface area (Å²) >= 11 is 0. The fourth-order valence-corrected chi connectivity index (χ4v) is 2.50. The van der Waals surface area contributed by atoms with E-state index in [2.05, 4.69) is 17.6 Å². The van der Waals surface area contributed by atoms with Crippen molar-refractivity contribution in [1.82, 2.24) is 10.6 Å². The highest BCUT2D eigenvalue weighted by Crippen LogP contribution is 2.28. The van der Waals surface area contributed by atoms with E-state index in [1.54, 1.807) is 20.8 Å². The van der Waals surface area contributed by atoms with Crippen molar-refractivity contribution in [3.8, 4) is 0 Å². The maximum absolute atomic E-state index is 13.7. The van der Waals surface area contributed by atoms with Crippen LogP contribution >= 0.6 is 0 Å². The van der Waals surface area contributed by atoms with Crippen LogP contribution in [0.5, 0.6) is 0 Å². The summed E-state index contributed by atoms with van der Waals surface area (Å²) in [6.45, 7) is 6.08. The van der Waals surface area contributed by atoms with Crippen molar-refractivity contribution in [2.24, 2.45) is 5.92 Å². The third kappa shape index (κ3) is 7.60. The molecule has 0 aromatic carbocycles. The van der Waals surface area contributed by atoms with Crippen LogP contribution in [-0.4, -0.2) is 36.7 Å². The molecule has 2 unspecified atom stereocenters. The van der Waals surface area contributed by atoms with Crippen molar-refractivity contribution in [2.45, 2.75) is 70.9 Å². The number of halogens is 2. The molecule has 2 atom stereocenters. The average molecular weight is 306 g/mol. The molecule has 0 aromatic rings. The second kappa shape index (κ2) is 7.38. The fraction of sp³-hybridized carbons (Fsp3) is 0.933. The van der Waals surface area contributed by atoms with Crippen molar-refractivity contribution >= 4 is 6.09 Å². The summed E-state index contributed by atoms with van der Waals surface area (Å²) in [4.78, 5) is 11.4. The number of alkyl halides is 2. The third-order valence-corrected chi connectivity index (χ3v) is 3.66. The number of carbonyl (C=O) groups excluding carboxylic acids is 1. The van der Waals surface area contributed by atoms with Crippen molar-refractivity contribution in [1.29, 1.82) is 0 Å². The topological polar surface area (TPSA) is 50.4 Å². The van der Waals surface area contributed by atoms with E-state index < -0.39 is 30.7 Å². The number of alkyl carbamates (subject to hydrolysis) is 1. The van der Waals surface area contributed by atoms with Crippen LogP contribution in [0.3, 0.4) is 0 Å². The van der Waals surface area contributed by atoms with Gasteiger partial charge in [-0.15, -0.1) is 0 Å². The van der Waals surface area contributed by atoms with Crippen molar-refractivity contribution in [3.63, 3.8) is 0 Å². The first-order valence-corrected chi connectivity index (χ1v) is 7.69. The Balaban J connectivity index is 2.25.